The van der Waals surface area contributed by atoms with Gasteiger partial charge >= 0.3 is 0 Å². The van der Waals surface area contributed by atoms with Crippen molar-refractivity contribution in [3.8, 4) is 0 Å². The van der Waals surface area contributed by atoms with E-state index in [0.29, 0.717) is 9.97 Å². The molecular weight excluding hydrogens is 253 g/mol. The smallest absolute Gasteiger partial charge is 0.217 e. The molecule has 2 nitrogen and oxygen atoms in total. The standard InChI is InChI=1S/C8H14INO/c1-6(11)10-8-5-3-2-4-7(8)9/h7-8H,2-5H2,1H3,(H,10,11)/t7-,8-/m1/s1. The van der Waals surface area contributed by atoms with E-state index in [1.165, 1.54) is 19.3 Å². The van der Waals surface area contributed by atoms with Gasteiger partial charge in [0, 0.05) is 16.9 Å². The van der Waals surface area contributed by atoms with Crippen LogP contribution in [0.25, 0.3) is 0 Å². The number of hydrogen-bond acceptors (Lipinski definition) is 1. The summed E-state index contributed by atoms with van der Waals surface area (Å²) in [6.07, 6.45) is 5.01. The lowest BCUT2D eigenvalue weighted by molar-refractivity contribution is -0.119. The molecule has 0 aliphatic heterocycles. The third-order valence-electron chi connectivity index (χ3n) is 2.07. The first kappa shape index (κ1) is 9.29. The lowest BCUT2D eigenvalue weighted by atomic mass is 9.95. The van der Waals surface area contributed by atoms with Gasteiger partial charge in [-0.05, 0) is 12.8 Å². The maximum Gasteiger partial charge on any atom is 0.217 e. The van der Waals surface area contributed by atoms with Crippen molar-refractivity contribution >= 4 is 28.5 Å². The molecule has 0 aromatic rings. The van der Waals surface area contributed by atoms with Gasteiger partial charge in [0.25, 0.3) is 0 Å². The molecule has 1 aliphatic rings. The maximum absolute atomic E-state index is 10.7. The Balaban J connectivity index is 2.35. The van der Waals surface area contributed by atoms with Crippen molar-refractivity contribution < 1.29 is 4.79 Å². The predicted octanol–water partition coefficient (Wildman–Crippen LogP) is 1.87. The molecule has 0 unspecified atom stereocenters. The molecule has 0 heterocycles. The lowest BCUT2D eigenvalue weighted by Crippen LogP contribution is -2.41. The zero-order valence-electron chi connectivity index (χ0n) is 6.77. The van der Waals surface area contributed by atoms with Gasteiger partial charge in [0.1, 0.15) is 0 Å². The Hall–Kier alpha value is 0.200. The molecular formula is C8H14INO. The highest BCUT2D eigenvalue weighted by atomic mass is 127. The van der Waals surface area contributed by atoms with Gasteiger partial charge in [-0.1, -0.05) is 35.4 Å². The average molecular weight is 267 g/mol. The molecule has 3 heteroatoms. The molecule has 0 aromatic heterocycles. The minimum absolute atomic E-state index is 0.110. The van der Waals surface area contributed by atoms with Gasteiger partial charge in [0.15, 0.2) is 0 Å². The van der Waals surface area contributed by atoms with Crippen molar-refractivity contribution in [3.63, 3.8) is 0 Å². The van der Waals surface area contributed by atoms with Crippen LogP contribution in [0.1, 0.15) is 32.6 Å². The molecule has 0 radical (unpaired) electrons. The van der Waals surface area contributed by atoms with Crippen LogP contribution in [-0.4, -0.2) is 15.9 Å². The van der Waals surface area contributed by atoms with Gasteiger partial charge in [-0.2, -0.15) is 0 Å². The summed E-state index contributed by atoms with van der Waals surface area (Å²) in [4.78, 5) is 10.7. The summed E-state index contributed by atoms with van der Waals surface area (Å²) in [6, 6.07) is 0.432. The van der Waals surface area contributed by atoms with E-state index in [9.17, 15) is 4.79 Å². The van der Waals surface area contributed by atoms with Crippen LogP contribution in [0.2, 0.25) is 0 Å². The summed E-state index contributed by atoms with van der Waals surface area (Å²) in [6.45, 7) is 1.60. The van der Waals surface area contributed by atoms with Crippen LogP contribution in [0.15, 0.2) is 0 Å². The first-order valence-electron chi connectivity index (χ1n) is 4.11. The van der Waals surface area contributed by atoms with E-state index in [2.05, 4.69) is 27.9 Å². The molecule has 0 saturated heterocycles. The first-order valence-corrected chi connectivity index (χ1v) is 5.36. The normalized spacial score (nSPS) is 31.5. The average Bonchev–Trinajstić information content (AvgIpc) is 1.93. The fourth-order valence-corrected chi connectivity index (χ4v) is 2.49. The van der Waals surface area contributed by atoms with Crippen LogP contribution in [0.3, 0.4) is 0 Å². The van der Waals surface area contributed by atoms with E-state index in [-0.39, 0.29) is 5.91 Å². The molecule has 1 amide bonds. The SMILES string of the molecule is CC(=O)N[C@@H]1CCCC[C@H]1I. The Morgan fingerprint density at radius 2 is 2.09 bits per heavy atom. The Kier molecular flexibility index (Phi) is 3.62. The number of carbonyl (C=O) groups is 1. The molecule has 0 spiro atoms. The van der Waals surface area contributed by atoms with Gasteiger partial charge < -0.3 is 5.32 Å². The number of amides is 1. The van der Waals surface area contributed by atoms with Crippen LogP contribution < -0.4 is 5.32 Å². The van der Waals surface area contributed by atoms with Crippen LogP contribution in [0, 0.1) is 0 Å². The Morgan fingerprint density at radius 1 is 1.45 bits per heavy atom. The highest BCUT2D eigenvalue weighted by Crippen LogP contribution is 2.24. The lowest BCUT2D eigenvalue weighted by Gasteiger charge is -2.27. The minimum atomic E-state index is 0.110. The zero-order chi connectivity index (χ0) is 8.27. The maximum atomic E-state index is 10.7. The predicted molar refractivity (Wildman–Crippen MR) is 53.9 cm³/mol. The third-order valence-corrected chi connectivity index (χ3v) is 3.56. The first-order chi connectivity index (χ1) is 5.20. The quantitative estimate of drug-likeness (QED) is 0.570. The van der Waals surface area contributed by atoms with E-state index >= 15 is 0 Å². The molecule has 0 aromatic carbocycles. The van der Waals surface area contributed by atoms with Crippen molar-refractivity contribution in [2.75, 3.05) is 0 Å². The van der Waals surface area contributed by atoms with Crippen LogP contribution in [-0.2, 0) is 4.79 Å². The van der Waals surface area contributed by atoms with Crippen molar-refractivity contribution in [1.82, 2.24) is 5.32 Å². The summed E-state index contributed by atoms with van der Waals surface area (Å²) < 4.78 is 0.644. The van der Waals surface area contributed by atoms with E-state index in [4.69, 9.17) is 0 Å². The van der Waals surface area contributed by atoms with Gasteiger partial charge in [-0.25, -0.2) is 0 Å². The van der Waals surface area contributed by atoms with Gasteiger partial charge in [0.2, 0.25) is 5.91 Å². The second-order valence-electron chi connectivity index (χ2n) is 3.11. The highest BCUT2D eigenvalue weighted by Gasteiger charge is 2.22. The molecule has 1 aliphatic carbocycles. The van der Waals surface area contributed by atoms with E-state index in [0.717, 1.165) is 6.42 Å². The second-order valence-corrected chi connectivity index (χ2v) is 4.71. The Morgan fingerprint density at radius 3 is 2.64 bits per heavy atom. The summed E-state index contributed by atoms with van der Waals surface area (Å²) >= 11 is 2.44. The number of rotatable bonds is 1. The van der Waals surface area contributed by atoms with Gasteiger partial charge in [0.05, 0.1) is 0 Å². The Labute approximate surface area is 81.3 Å². The van der Waals surface area contributed by atoms with Crippen LogP contribution in [0.5, 0.6) is 0 Å². The monoisotopic (exact) mass is 267 g/mol. The van der Waals surface area contributed by atoms with E-state index < -0.39 is 0 Å². The molecule has 64 valence electrons. The van der Waals surface area contributed by atoms with E-state index in [1.807, 2.05) is 0 Å². The molecule has 1 N–H and O–H groups in total. The Bertz CT molecular complexity index is 149. The third kappa shape index (κ3) is 2.97. The summed E-state index contributed by atoms with van der Waals surface area (Å²) in [5.41, 5.74) is 0. The van der Waals surface area contributed by atoms with Crippen molar-refractivity contribution in [1.29, 1.82) is 0 Å². The summed E-state index contributed by atoms with van der Waals surface area (Å²) in [5, 5.41) is 2.99. The molecule has 1 fully saturated rings. The summed E-state index contributed by atoms with van der Waals surface area (Å²) in [5.74, 6) is 0.110. The summed E-state index contributed by atoms with van der Waals surface area (Å²) in [7, 11) is 0. The van der Waals surface area contributed by atoms with Crippen molar-refractivity contribution in [2.45, 2.75) is 42.6 Å². The van der Waals surface area contributed by atoms with E-state index in [1.54, 1.807) is 6.92 Å². The van der Waals surface area contributed by atoms with Crippen LogP contribution in [0.4, 0.5) is 0 Å². The van der Waals surface area contributed by atoms with Crippen molar-refractivity contribution in [3.05, 3.63) is 0 Å². The largest absolute Gasteiger partial charge is 0.353 e. The number of alkyl halides is 1. The highest BCUT2D eigenvalue weighted by molar-refractivity contribution is 14.1. The fourth-order valence-electron chi connectivity index (χ4n) is 1.51. The van der Waals surface area contributed by atoms with Gasteiger partial charge in [-0.3, -0.25) is 4.79 Å². The second kappa shape index (κ2) is 4.28. The topological polar surface area (TPSA) is 29.1 Å². The number of halogens is 1. The number of carbonyl (C=O) groups excluding carboxylic acids is 1. The zero-order valence-corrected chi connectivity index (χ0v) is 8.93. The minimum Gasteiger partial charge on any atom is -0.353 e. The molecule has 11 heavy (non-hydrogen) atoms. The molecule has 0 bridgehead atoms. The number of nitrogens with one attached hydrogen (secondary N) is 1. The molecule has 2 atom stereocenters. The van der Waals surface area contributed by atoms with Gasteiger partial charge in [-0.15, -0.1) is 0 Å². The molecule has 1 rings (SSSR count). The van der Waals surface area contributed by atoms with Crippen molar-refractivity contribution in [2.24, 2.45) is 0 Å². The number of hydrogen-bond donors (Lipinski definition) is 1. The fraction of sp³-hybridized carbons (Fsp3) is 0.875. The molecule has 1 saturated carbocycles. The van der Waals surface area contributed by atoms with Crippen LogP contribution >= 0.6 is 22.6 Å².